The van der Waals surface area contributed by atoms with E-state index in [0.717, 1.165) is 5.39 Å². The Hall–Kier alpha value is -2.95. The van der Waals surface area contributed by atoms with E-state index in [1.807, 2.05) is 0 Å². The molecule has 0 aliphatic rings. The van der Waals surface area contributed by atoms with Crippen LogP contribution in [0.1, 0.15) is 10.4 Å². The predicted octanol–water partition coefficient (Wildman–Crippen LogP) is 2.41. The van der Waals surface area contributed by atoms with E-state index in [0.29, 0.717) is 16.9 Å². The second-order valence-corrected chi connectivity index (χ2v) is 4.08. The number of rotatable bonds is 2. The van der Waals surface area contributed by atoms with Crippen LogP contribution in [0.2, 0.25) is 0 Å². The van der Waals surface area contributed by atoms with Gasteiger partial charge in [-0.15, -0.1) is 0 Å². The largest absolute Gasteiger partial charge is 0.423 e. The number of nitrogens with zero attached hydrogens (tertiary/aromatic N) is 1. The van der Waals surface area contributed by atoms with Gasteiger partial charge in [0.1, 0.15) is 11.3 Å². The molecule has 0 atom stereocenters. The number of carbonyl (C=O) groups excluding carboxylic acids is 1. The summed E-state index contributed by atoms with van der Waals surface area (Å²) in [4.78, 5) is 26.9. The highest BCUT2D eigenvalue weighted by Crippen LogP contribution is 2.20. The van der Waals surface area contributed by atoms with Crippen molar-refractivity contribution in [2.75, 3.05) is 0 Å². The zero-order valence-corrected chi connectivity index (χ0v) is 10.3. The van der Waals surface area contributed by atoms with Crippen LogP contribution in [0, 0.1) is 0 Å². The molecule has 0 saturated heterocycles. The second kappa shape index (κ2) is 4.97. The van der Waals surface area contributed by atoms with Crippen LogP contribution in [-0.2, 0) is 0 Å². The minimum absolute atomic E-state index is 0.314. The fourth-order valence-corrected chi connectivity index (χ4v) is 1.76. The molecule has 98 valence electrons. The third kappa shape index (κ3) is 2.42. The molecule has 3 rings (SSSR count). The number of esters is 1. The van der Waals surface area contributed by atoms with Gasteiger partial charge in [0.15, 0.2) is 0 Å². The molecule has 0 unspecified atom stereocenters. The van der Waals surface area contributed by atoms with Gasteiger partial charge in [0.05, 0.1) is 5.56 Å². The first kappa shape index (κ1) is 12.1. The molecular formula is C15H9NO4. The third-order valence-corrected chi connectivity index (χ3v) is 2.72. The highest BCUT2D eigenvalue weighted by molar-refractivity contribution is 5.91. The molecule has 2 heterocycles. The molecule has 20 heavy (non-hydrogen) atoms. The average molecular weight is 267 g/mol. The third-order valence-electron chi connectivity index (χ3n) is 2.72. The van der Waals surface area contributed by atoms with Gasteiger partial charge in [-0.25, -0.2) is 9.59 Å². The van der Waals surface area contributed by atoms with Crippen molar-refractivity contribution in [1.29, 1.82) is 0 Å². The van der Waals surface area contributed by atoms with Crippen LogP contribution in [0.3, 0.4) is 0 Å². The van der Waals surface area contributed by atoms with Gasteiger partial charge in [-0.3, -0.25) is 4.98 Å². The minimum atomic E-state index is -0.495. The lowest BCUT2D eigenvalue weighted by Crippen LogP contribution is -2.08. The molecule has 0 saturated carbocycles. The van der Waals surface area contributed by atoms with Gasteiger partial charge in [-0.1, -0.05) is 0 Å². The van der Waals surface area contributed by atoms with Crippen molar-refractivity contribution in [3.05, 3.63) is 70.8 Å². The lowest BCUT2D eigenvalue weighted by Gasteiger charge is -2.04. The zero-order valence-electron chi connectivity index (χ0n) is 10.3. The average Bonchev–Trinajstić information content (AvgIpc) is 2.47. The SMILES string of the molecule is O=C(Oc1ccc2ccc(=O)oc2c1)c1ccncc1. The minimum Gasteiger partial charge on any atom is -0.423 e. The lowest BCUT2D eigenvalue weighted by molar-refractivity contribution is 0.0735. The van der Waals surface area contributed by atoms with Crippen molar-refractivity contribution in [2.45, 2.75) is 0 Å². The number of hydrogen-bond donors (Lipinski definition) is 0. The summed E-state index contributed by atoms with van der Waals surface area (Å²) < 4.78 is 10.3. The Bertz CT molecular complexity index is 824. The van der Waals surface area contributed by atoms with Gasteiger partial charge in [0, 0.05) is 29.9 Å². The summed E-state index contributed by atoms with van der Waals surface area (Å²) in [6, 6.07) is 11.0. The Morgan fingerprint density at radius 3 is 2.60 bits per heavy atom. The van der Waals surface area contributed by atoms with Gasteiger partial charge in [0.2, 0.25) is 0 Å². The van der Waals surface area contributed by atoms with Crippen LogP contribution in [0.4, 0.5) is 0 Å². The molecule has 0 amide bonds. The first-order valence-corrected chi connectivity index (χ1v) is 5.88. The van der Waals surface area contributed by atoms with E-state index in [2.05, 4.69) is 4.98 Å². The molecule has 0 aliphatic carbocycles. The summed E-state index contributed by atoms with van der Waals surface area (Å²) in [5.41, 5.74) is 0.322. The standard InChI is InChI=1S/C15H9NO4/c17-14-4-2-10-1-3-12(9-13(10)20-14)19-15(18)11-5-7-16-8-6-11/h1-9H. The molecule has 1 aromatic carbocycles. The summed E-state index contributed by atoms with van der Waals surface area (Å²) in [5, 5.41) is 0.758. The van der Waals surface area contributed by atoms with Crippen LogP contribution < -0.4 is 10.4 Å². The van der Waals surface area contributed by atoms with Gasteiger partial charge < -0.3 is 9.15 Å². The number of aromatic nitrogens is 1. The van der Waals surface area contributed by atoms with E-state index < -0.39 is 11.6 Å². The molecular weight excluding hydrogens is 258 g/mol. The van der Waals surface area contributed by atoms with Gasteiger partial charge in [-0.05, 0) is 30.3 Å². The topological polar surface area (TPSA) is 69.4 Å². The molecule has 2 aromatic heterocycles. The summed E-state index contributed by atoms with van der Waals surface area (Å²) in [6.45, 7) is 0. The Balaban J connectivity index is 1.91. The van der Waals surface area contributed by atoms with Gasteiger partial charge in [-0.2, -0.15) is 0 Å². The predicted molar refractivity (Wildman–Crippen MR) is 71.7 cm³/mol. The van der Waals surface area contributed by atoms with E-state index in [-0.39, 0.29) is 0 Å². The molecule has 0 bridgehead atoms. The van der Waals surface area contributed by atoms with E-state index in [4.69, 9.17) is 9.15 Å². The van der Waals surface area contributed by atoms with E-state index in [1.165, 1.54) is 24.5 Å². The number of benzene rings is 1. The van der Waals surface area contributed by atoms with Crippen LogP contribution >= 0.6 is 0 Å². The maximum absolute atomic E-state index is 11.9. The number of ether oxygens (including phenoxy) is 1. The van der Waals surface area contributed by atoms with Crippen molar-refractivity contribution in [3.8, 4) is 5.75 Å². The van der Waals surface area contributed by atoms with Crippen LogP contribution in [0.5, 0.6) is 5.75 Å². The summed E-state index contributed by atoms with van der Waals surface area (Å²) in [5.74, 6) is -0.182. The second-order valence-electron chi connectivity index (χ2n) is 4.08. The number of pyridine rings is 1. The lowest BCUT2D eigenvalue weighted by atomic mass is 10.2. The molecule has 0 N–H and O–H groups in total. The van der Waals surface area contributed by atoms with Crippen molar-refractivity contribution in [2.24, 2.45) is 0 Å². The summed E-state index contributed by atoms with van der Waals surface area (Å²) >= 11 is 0. The normalized spacial score (nSPS) is 10.4. The van der Waals surface area contributed by atoms with Crippen LogP contribution in [-0.4, -0.2) is 11.0 Å². The maximum atomic E-state index is 11.9. The summed E-state index contributed by atoms with van der Waals surface area (Å²) in [7, 11) is 0. The fourth-order valence-electron chi connectivity index (χ4n) is 1.76. The summed E-state index contributed by atoms with van der Waals surface area (Å²) in [6.07, 6.45) is 3.02. The monoisotopic (exact) mass is 267 g/mol. The number of carbonyl (C=O) groups is 1. The molecule has 5 heteroatoms. The highest BCUT2D eigenvalue weighted by atomic mass is 16.5. The van der Waals surface area contributed by atoms with Crippen molar-refractivity contribution in [3.63, 3.8) is 0 Å². The molecule has 5 nitrogen and oxygen atoms in total. The van der Waals surface area contributed by atoms with Gasteiger partial charge >= 0.3 is 11.6 Å². The van der Waals surface area contributed by atoms with Crippen molar-refractivity contribution < 1.29 is 13.9 Å². The smallest absolute Gasteiger partial charge is 0.343 e. The first-order valence-electron chi connectivity index (χ1n) is 5.88. The quantitative estimate of drug-likeness (QED) is 0.405. The van der Waals surface area contributed by atoms with E-state index in [9.17, 15) is 9.59 Å². The van der Waals surface area contributed by atoms with E-state index >= 15 is 0 Å². The Labute approximate surface area is 113 Å². The molecule has 0 fully saturated rings. The van der Waals surface area contributed by atoms with E-state index in [1.54, 1.807) is 30.3 Å². The highest BCUT2D eigenvalue weighted by Gasteiger charge is 2.09. The van der Waals surface area contributed by atoms with Crippen molar-refractivity contribution >= 4 is 16.9 Å². The van der Waals surface area contributed by atoms with Crippen LogP contribution in [0.25, 0.3) is 11.0 Å². The molecule has 0 radical (unpaired) electrons. The number of hydrogen-bond acceptors (Lipinski definition) is 5. The van der Waals surface area contributed by atoms with Gasteiger partial charge in [0.25, 0.3) is 0 Å². The molecule has 0 spiro atoms. The Kier molecular flexibility index (Phi) is 3.01. The zero-order chi connectivity index (χ0) is 13.9. The van der Waals surface area contributed by atoms with Crippen molar-refractivity contribution in [1.82, 2.24) is 4.98 Å². The number of fused-ring (bicyclic) bond motifs is 1. The fraction of sp³-hybridized carbons (Fsp3) is 0. The Morgan fingerprint density at radius 1 is 1.05 bits per heavy atom. The first-order chi connectivity index (χ1) is 9.72. The molecule has 3 aromatic rings. The van der Waals surface area contributed by atoms with Crippen LogP contribution in [0.15, 0.2) is 64.1 Å². The molecule has 0 aliphatic heterocycles. The maximum Gasteiger partial charge on any atom is 0.343 e. The Morgan fingerprint density at radius 2 is 1.80 bits per heavy atom.